The number of nitrogens with zero attached hydrogens (tertiary/aromatic N) is 2. The minimum atomic E-state index is -0.581. The molecule has 0 aliphatic rings. The molecule has 2 amide bonds. The van der Waals surface area contributed by atoms with E-state index in [0.29, 0.717) is 12.4 Å². The Kier molecular flexibility index (Phi) is 5.73. The minimum Gasteiger partial charge on any atom is -0.344 e. The average molecular weight is 328 g/mol. The first-order valence-corrected chi connectivity index (χ1v) is 8.03. The summed E-state index contributed by atoms with van der Waals surface area (Å²) in [5.41, 5.74) is 1.92. The molecule has 0 saturated heterocycles. The van der Waals surface area contributed by atoms with Gasteiger partial charge in [-0.25, -0.2) is 4.68 Å². The number of nitrogens with one attached hydrogen (secondary N) is 2. The molecule has 2 N–H and O–H groups in total. The highest BCUT2D eigenvalue weighted by molar-refractivity contribution is 5.96. The molecule has 0 fully saturated rings. The first kappa shape index (κ1) is 17.7. The number of anilines is 1. The molecule has 1 aromatic heterocycles. The molecule has 0 bridgehead atoms. The molecule has 0 aliphatic carbocycles. The van der Waals surface area contributed by atoms with Gasteiger partial charge in [0.25, 0.3) is 0 Å². The summed E-state index contributed by atoms with van der Waals surface area (Å²) in [5.74, 6) is 0.144. The largest absolute Gasteiger partial charge is 0.344 e. The van der Waals surface area contributed by atoms with Gasteiger partial charge in [0.1, 0.15) is 11.9 Å². The normalized spacial score (nSPS) is 12.0. The van der Waals surface area contributed by atoms with Gasteiger partial charge in [-0.3, -0.25) is 9.59 Å². The van der Waals surface area contributed by atoms with Crippen LogP contribution in [0.25, 0.3) is 0 Å². The molecule has 0 radical (unpaired) electrons. The molecule has 24 heavy (non-hydrogen) atoms. The lowest BCUT2D eigenvalue weighted by Crippen LogP contribution is -2.46. The van der Waals surface area contributed by atoms with Crippen molar-refractivity contribution in [1.82, 2.24) is 15.1 Å². The molecule has 0 spiro atoms. The van der Waals surface area contributed by atoms with E-state index in [1.54, 1.807) is 4.68 Å². The number of benzene rings is 1. The second kappa shape index (κ2) is 7.77. The first-order chi connectivity index (χ1) is 11.4. The van der Waals surface area contributed by atoms with E-state index >= 15 is 0 Å². The van der Waals surface area contributed by atoms with Gasteiger partial charge in [-0.05, 0) is 18.4 Å². The van der Waals surface area contributed by atoms with E-state index in [1.807, 2.05) is 57.2 Å². The molecule has 128 valence electrons. The lowest BCUT2D eigenvalue weighted by molar-refractivity contribution is -0.126. The molecule has 1 heterocycles. The van der Waals surface area contributed by atoms with Crippen molar-refractivity contribution in [3.05, 3.63) is 47.7 Å². The van der Waals surface area contributed by atoms with Crippen LogP contribution in [0.3, 0.4) is 0 Å². The minimum absolute atomic E-state index is 0.0134. The Balaban J connectivity index is 2.17. The summed E-state index contributed by atoms with van der Waals surface area (Å²) in [7, 11) is 0. The SMILES string of the molecule is CC(=O)N[C@@H](C(=O)Nc1cc(C)nn1Cc1ccccc1)C(C)C. The molecule has 0 saturated carbocycles. The Morgan fingerprint density at radius 2 is 1.88 bits per heavy atom. The monoisotopic (exact) mass is 328 g/mol. The summed E-state index contributed by atoms with van der Waals surface area (Å²) in [6.07, 6.45) is 0. The number of rotatable bonds is 6. The molecule has 6 heteroatoms. The molecule has 6 nitrogen and oxygen atoms in total. The highest BCUT2D eigenvalue weighted by atomic mass is 16.2. The fraction of sp³-hybridized carbons (Fsp3) is 0.389. The van der Waals surface area contributed by atoms with Crippen molar-refractivity contribution in [2.45, 2.75) is 40.3 Å². The van der Waals surface area contributed by atoms with Crippen LogP contribution in [-0.4, -0.2) is 27.6 Å². The number of hydrogen-bond donors (Lipinski definition) is 2. The molecule has 1 atom stereocenters. The highest BCUT2D eigenvalue weighted by Crippen LogP contribution is 2.14. The molecular weight excluding hydrogens is 304 g/mol. The van der Waals surface area contributed by atoms with Gasteiger partial charge in [0.2, 0.25) is 11.8 Å². The van der Waals surface area contributed by atoms with Crippen molar-refractivity contribution >= 4 is 17.6 Å². The van der Waals surface area contributed by atoms with E-state index in [0.717, 1.165) is 11.3 Å². The Labute approximate surface area is 142 Å². The molecular formula is C18H24N4O2. The summed E-state index contributed by atoms with van der Waals surface area (Å²) in [6.45, 7) is 7.65. The Bertz CT molecular complexity index is 707. The summed E-state index contributed by atoms with van der Waals surface area (Å²) >= 11 is 0. The third-order valence-corrected chi connectivity index (χ3v) is 3.64. The maximum absolute atomic E-state index is 12.5. The standard InChI is InChI=1S/C18H24N4O2/c1-12(2)17(19-14(4)23)18(24)20-16-10-13(3)21-22(16)11-15-8-6-5-7-9-15/h5-10,12,17H,11H2,1-4H3,(H,19,23)(H,20,24)/t17-/m1/s1. The fourth-order valence-corrected chi connectivity index (χ4v) is 2.48. The van der Waals surface area contributed by atoms with Crippen LogP contribution in [0.5, 0.6) is 0 Å². The van der Waals surface area contributed by atoms with Gasteiger partial charge in [-0.15, -0.1) is 0 Å². The molecule has 0 unspecified atom stereocenters. The second-order valence-corrected chi connectivity index (χ2v) is 6.23. The number of hydrogen-bond acceptors (Lipinski definition) is 3. The quantitative estimate of drug-likeness (QED) is 0.854. The van der Waals surface area contributed by atoms with Gasteiger partial charge < -0.3 is 10.6 Å². The molecule has 2 aromatic rings. The van der Waals surface area contributed by atoms with Crippen molar-refractivity contribution in [2.75, 3.05) is 5.32 Å². The number of amides is 2. The van der Waals surface area contributed by atoms with Crippen molar-refractivity contribution in [3.8, 4) is 0 Å². The number of aromatic nitrogens is 2. The smallest absolute Gasteiger partial charge is 0.248 e. The van der Waals surface area contributed by atoms with Crippen LogP contribution in [0, 0.1) is 12.8 Å². The van der Waals surface area contributed by atoms with Gasteiger partial charge in [-0.1, -0.05) is 44.2 Å². The van der Waals surface area contributed by atoms with Gasteiger partial charge in [0.05, 0.1) is 12.2 Å². The van der Waals surface area contributed by atoms with Crippen molar-refractivity contribution in [2.24, 2.45) is 5.92 Å². The lowest BCUT2D eigenvalue weighted by Gasteiger charge is -2.21. The number of carbonyl (C=O) groups is 2. The Hall–Kier alpha value is -2.63. The van der Waals surface area contributed by atoms with E-state index in [2.05, 4.69) is 15.7 Å². The van der Waals surface area contributed by atoms with Gasteiger partial charge in [0, 0.05) is 13.0 Å². The predicted molar refractivity (Wildman–Crippen MR) is 93.6 cm³/mol. The van der Waals surface area contributed by atoms with Crippen LogP contribution < -0.4 is 10.6 Å². The zero-order valence-electron chi connectivity index (χ0n) is 14.5. The maximum atomic E-state index is 12.5. The van der Waals surface area contributed by atoms with Crippen molar-refractivity contribution < 1.29 is 9.59 Å². The first-order valence-electron chi connectivity index (χ1n) is 8.03. The zero-order chi connectivity index (χ0) is 17.7. The van der Waals surface area contributed by atoms with Crippen LogP contribution in [-0.2, 0) is 16.1 Å². The molecule has 0 aliphatic heterocycles. The summed E-state index contributed by atoms with van der Waals surface area (Å²) < 4.78 is 1.76. The second-order valence-electron chi connectivity index (χ2n) is 6.23. The third kappa shape index (κ3) is 4.68. The van der Waals surface area contributed by atoms with E-state index in [4.69, 9.17) is 0 Å². The highest BCUT2D eigenvalue weighted by Gasteiger charge is 2.24. The average Bonchev–Trinajstić information content (AvgIpc) is 2.84. The van der Waals surface area contributed by atoms with Crippen LogP contribution in [0.15, 0.2) is 36.4 Å². The lowest BCUT2D eigenvalue weighted by atomic mass is 10.0. The maximum Gasteiger partial charge on any atom is 0.248 e. The molecule has 1 aromatic carbocycles. The molecule has 2 rings (SSSR count). The van der Waals surface area contributed by atoms with Crippen molar-refractivity contribution in [3.63, 3.8) is 0 Å². The van der Waals surface area contributed by atoms with Gasteiger partial charge in [0.15, 0.2) is 0 Å². The van der Waals surface area contributed by atoms with Crippen LogP contribution in [0.2, 0.25) is 0 Å². The summed E-state index contributed by atoms with van der Waals surface area (Å²) in [4.78, 5) is 23.9. The Morgan fingerprint density at radius 3 is 2.46 bits per heavy atom. The fourth-order valence-electron chi connectivity index (χ4n) is 2.48. The third-order valence-electron chi connectivity index (χ3n) is 3.64. The van der Waals surface area contributed by atoms with E-state index in [1.165, 1.54) is 6.92 Å². The summed E-state index contributed by atoms with van der Waals surface area (Å²) in [5, 5.41) is 10.0. The van der Waals surface area contributed by atoms with E-state index in [-0.39, 0.29) is 17.7 Å². The number of carbonyl (C=O) groups excluding carboxylic acids is 2. The topological polar surface area (TPSA) is 76.0 Å². The number of aryl methyl sites for hydroxylation is 1. The van der Waals surface area contributed by atoms with Crippen LogP contribution in [0.4, 0.5) is 5.82 Å². The van der Waals surface area contributed by atoms with E-state index in [9.17, 15) is 9.59 Å². The summed E-state index contributed by atoms with van der Waals surface area (Å²) in [6, 6.07) is 11.2. The van der Waals surface area contributed by atoms with Crippen molar-refractivity contribution in [1.29, 1.82) is 0 Å². The predicted octanol–water partition coefficient (Wildman–Crippen LogP) is 2.34. The van der Waals surface area contributed by atoms with Crippen LogP contribution in [0.1, 0.15) is 32.0 Å². The Morgan fingerprint density at radius 1 is 1.21 bits per heavy atom. The zero-order valence-corrected chi connectivity index (χ0v) is 14.5. The van der Waals surface area contributed by atoms with Crippen LogP contribution >= 0.6 is 0 Å². The van der Waals surface area contributed by atoms with Gasteiger partial charge >= 0.3 is 0 Å². The van der Waals surface area contributed by atoms with E-state index < -0.39 is 6.04 Å². The van der Waals surface area contributed by atoms with Gasteiger partial charge in [-0.2, -0.15) is 5.10 Å².